The third-order valence-corrected chi connectivity index (χ3v) is 7.17. The number of carbonyl (C=O) groups is 4. The molecule has 0 radical (unpaired) electrons. The number of amides is 3. The van der Waals surface area contributed by atoms with Crippen molar-refractivity contribution in [2.24, 2.45) is 0 Å². The number of aryl methyl sites for hydroxylation is 1. The summed E-state index contributed by atoms with van der Waals surface area (Å²) in [5.74, 6) is -0.574. The molecule has 1 aliphatic heterocycles. The Balaban J connectivity index is 1.47. The normalized spacial score (nSPS) is 14.0. The van der Waals surface area contributed by atoms with E-state index < -0.39 is 17.1 Å². The number of benzene rings is 2. The molecule has 0 spiro atoms. The maximum Gasteiger partial charge on any atom is 0.373 e. The topological polar surface area (TPSA) is 124 Å². The molecule has 0 aliphatic carbocycles. The molecule has 0 unspecified atom stereocenters. The van der Waals surface area contributed by atoms with Gasteiger partial charge in [-0.3, -0.25) is 19.3 Å². The molecule has 4 rings (SSSR count). The number of hydrogen-bond donors (Lipinski definition) is 1. The second-order valence-electron chi connectivity index (χ2n) is 8.48. The van der Waals surface area contributed by atoms with Crippen LogP contribution >= 0.6 is 27.7 Å². The summed E-state index contributed by atoms with van der Waals surface area (Å²) < 4.78 is 22.0. The van der Waals surface area contributed by atoms with Crippen molar-refractivity contribution >= 4 is 62.5 Å². The number of nitrogens with one attached hydrogen (secondary N) is 1. The van der Waals surface area contributed by atoms with Gasteiger partial charge in [0.25, 0.3) is 17.1 Å². The minimum atomic E-state index is -0.658. The number of nitrogens with zero attached hydrogens (tertiary/aromatic N) is 1. The number of halogens is 1. The first-order valence-corrected chi connectivity index (χ1v) is 13.7. The van der Waals surface area contributed by atoms with E-state index in [1.807, 2.05) is 19.1 Å². The van der Waals surface area contributed by atoms with Gasteiger partial charge in [0.1, 0.15) is 5.76 Å². The van der Waals surface area contributed by atoms with Crippen LogP contribution in [0.25, 0.3) is 6.08 Å². The largest absolute Gasteiger partial charge is 0.490 e. The van der Waals surface area contributed by atoms with Crippen LogP contribution in [0.15, 0.2) is 62.3 Å². The highest BCUT2D eigenvalue weighted by atomic mass is 79.9. The van der Waals surface area contributed by atoms with Crippen molar-refractivity contribution in [3.63, 3.8) is 0 Å². The van der Waals surface area contributed by atoms with Crippen molar-refractivity contribution in [3.8, 4) is 11.5 Å². The Kier molecular flexibility index (Phi) is 9.33. The van der Waals surface area contributed by atoms with E-state index >= 15 is 0 Å². The average Bonchev–Trinajstić information content (AvgIpc) is 3.51. The minimum absolute atomic E-state index is 0.0256. The molecule has 2 aromatic carbocycles. The van der Waals surface area contributed by atoms with Gasteiger partial charge in [-0.25, -0.2) is 4.79 Å². The first-order chi connectivity index (χ1) is 19.2. The molecule has 208 valence electrons. The number of rotatable bonds is 10. The number of thioether (sulfide) groups is 1. The van der Waals surface area contributed by atoms with Crippen LogP contribution in [0, 0.1) is 6.92 Å². The number of ether oxygens (including phenoxy) is 3. The van der Waals surface area contributed by atoms with Gasteiger partial charge in [0.15, 0.2) is 18.1 Å². The smallest absolute Gasteiger partial charge is 0.373 e. The lowest BCUT2D eigenvalue weighted by Crippen LogP contribution is -2.27. The molecule has 1 aromatic heterocycles. The highest BCUT2D eigenvalue weighted by Gasteiger charge is 2.36. The van der Waals surface area contributed by atoms with Gasteiger partial charge in [-0.1, -0.05) is 33.6 Å². The highest BCUT2D eigenvalue weighted by molar-refractivity contribution is 9.10. The molecule has 3 aromatic rings. The van der Waals surface area contributed by atoms with Gasteiger partial charge in [-0.2, -0.15) is 0 Å². The van der Waals surface area contributed by atoms with Gasteiger partial charge in [0, 0.05) is 10.2 Å². The predicted molar refractivity (Wildman–Crippen MR) is 152 cm³/mol. The highest BCUT2D eigenvalue weighted by Crippen LogP contribution is 2.38. The van der Waals surface area contributed by atoms with Gasteiger partial charge in [0.05, 0.1) is 25.2 Å². The fourth-order valence-electron chi connectivity index (χ4n) is 3.63. The first-order valence-electron chi connectivity index (χ1n) is 12.1. The van der Waals surface area contributed by atoms with Crippen LogP contribution in [0.2, 0.25) is 0 Å². The second-order valence-corrected chi connectivity index (χ2v) is 10.3. The van der Waals surface area contributed by atoms with E-state index in [9.17, 15) is 19.2 Å². The molecular weight excluding hydrogens is 604 g/mol. The molecule has 0 saturated carbocycles. The summed E-state index contributed by atoms with van der Waals surface area (Å²) in [5.41, 5.74) is 2.30. The maximum absolute atomic E-state index is 13.0. The van der Waals surface area contributed by atoms with E-state index in [2.05, 4.69) is 26.0 Å². The molecule has 1 aliphatic rings. The van der Waals surface area contributed by atoms with Crippen LogP contribution in [-0.4, -0.2) is 48.2 Å². The SMILES string of the molecule is CCOc1cc(/C=C2/SC(=O)N(Cc3ccc(C(=O)OC)o3)C2=O)c(Br)cc1OCC(=O)Nc1ccc(C)cc1. The van der Waals surface area contributed by atoms with Crippen LogP contribution in [0.5, 0.6) is 11.5 Å². The first kappa shape index (κ1) is 29.0. The number of imide groups is 1. The van der Waals surface area contributed by atoms with E-state index in [0.717, 1.165) is 22.2 Å². The predicted octanol–water partition coefficient (Wildman–Crippen LogP) is 5.79. The van der Waals surface area contributed by atoms with Crippen LogP contribution in [-0.2, 0) is 20.9 Å². The summed E-state index contributed by atoms with van der Waals surface area (Å²) in [7, 11) is 1.23. The van der Waals surface area contributed by atoms with Crippen molar-refractivity contribution < 1.29 is 37.8 Å². The fourth-order valence-corrected chi connectivity index (χ4v) is 4.89. The number of methoxy groups -OCH3 is 1. The lowest BCUT2D eigenvalue weighted by molar-refractivity contribution is -0.123. The van der Waals surface area contributed by atoms with Crippen molar-refractivity contribution in [1.82, 2.24) is 4.90 Å². The Morgan fingerprint density at radius 1 is 1.07 bits per heavy atom. The van der Waals surface area contributed by atoms with Crippen molar-refractivity contribution in [3.05, 3.63) is 80.6 Å². The Labute approximate surface area is 242 Å². The van der Waals surface area contributed by atoms with E-state index in [1.165, 1.54) is 19.2 Å². The monoisotopic (exact) mass is 628 g/mol. The van der Waals surface area contributed by atoms with E-state index in [-0.39, 0.29) is 35.5 Å². The Morgan fingerprint density at radius 2 is 1.80 bits per heavy atom. The molecule has 2 heterocycles. The van der Waals surface area contributed by atoms with Crippen LogP contribution in [0.3, 0.4) is 0 Å². The minimum Gasteiger partial charge on any atom is -0.490 e. The zero-order valence-corrected chi connectivity index (χ0v) is 24.2. The van der Waals surface area contributed by atoms with Gasteiger partial charge in [-0.05, 0) is 73.6 Å². The summed E-state index contributed by atoms with van der Waals surface area (Å²) in [5, 5.41) is 2.29. The zero-order valence-electron chi connectivity index (χ0n) is 21.8. The van der Waals surface area contributed by atoms with Crippen LogP contribution < -0.4 is 14.8 Å². The second kappa shape index (κ2) is 12.9. The Hall–Kier alpha value is -4.03. The number of hydrogen-bond acceptors (Lipinski definition) is 9. The summed E-state index contributed by atoms with van der Waals surface area (Å²) in [6.45, 7) is 3.72. The van der Waals surface area contributed by atoms with E-state index in [0.29, 0.717) is 33.8 Å². The molecule has 1 fully saturated rings. The molecule has 1 saturated heterocycles. The van der Waals surface area contributed by atoms with Crippen molar-refractivity contribution in [1.29, 1.82) is 0 Å². The molecule has 1 N–H and O–H groups in total. The summed E-state index contributed by atoms with van der Waals surface area (Å²) in [4.78, 5) is 50.8. The quantitative estimate of drug-likeness (QED) is 0.219. The van der Waals surface area contributed by atoms with Crippen molar-refractivity contribution in [2.75, 3.05) is 25.6 Å². The Bertz CT molecular complexity index is 1480. The molecule has 0 atom stereocenters. The van der Waals surface area contributed by atoms with Crippen LogP contribution in [0.1, 0.15) is 34.4 Å². The average molecular weight is 629 g/mol. The number of carbonyl (C=O) groups excluding carboxylic acids is 4. The lowest BCUT2D eigenvalue weighted by atomic mass is 10.1. The van der Waals surface area contributed by atoms with Gasteiger partial charge in [0.2, 0.25) is 5.76 Å². The fraction of sp³-hybridized carbons (Fsp3) is 0.214. The van der Waals surface area contributed by atoms with Gasteiger partial charge in [-0.15, -0.1) is 0 Å². The third-order valence-electron chi connectivity index (χ3n) is 5.58. The molecular formula is C28H25BrN2O8S. The summed E-state index contributed by atoms with van der Waals surface area (Å²) in [6.07, 6.45) is 1.56. The van der Waals surface area contributed by atoms with E-state index in [4.69, 9.17) is 13.9 Å². The zero-order chi connectivity index (χ0) is 28.8. The Morgan fingerprint density at radius 3 is 2.50 bits per heavy atom. The third kappa shape index (κ3) is 6.93. The molecule has 0 bridgehead atoms. The summed E-state index contributed by atoms with van der Waals surface area (Å²) in [6, 6.07) is 13.6. The van der Waals surface area contributed by atoms with Gasteiger partial charge >= 0.3 is 5.97 Å². The van der Waals surface area contributed by atoms with E-state index in [1.54, 1.807) is 37.3 Å². The molecule has 40 heavy (non-hydrogen) atoms. The molecule has 12 heteroatoms. The maximum atomic E-state index is 13.0. The molecule has 3 amide bonds. The summed E-state index contributed by atoms with van der Waals surface area (Å²) >= 11 is 4.26. The van der Waals surface area contributed by atoms with Crippen LogP contribution in [0.4, 0.5) is 10.5 Å². The number of furan rings is 1. The number of anilines is 1. The number of esters is 1. The lowest BCUT2D eigenvalue weighted by Gasteiger charge is -2.14. The molecule has 10 nitrogen and oxygen atoms in total. The van der Waals surface area contributed by atoms with Gasteiger partial charge < -0.3 is 23.9 Å². The standard InChI is InChI=1S/C28H25BrN2O8S/c1-4-37-22-11-17(20(29)13-23(22)38-15-25(32)30-18-7-5-16(2)6-8-18)12-24-26(33)31(28(35)40-24)14-19-9-10-21(39-19)27(34)36-3/h5-13H,4,14-15H2,1-3H3,(H,30,32)/b24-12+. The van der Waals surface area contributed by atoms with Crippen molar-refractivity contribution in [2.45, 2.75) is 20.4 Å².